The molecule has 6 nitrogen and oxygen atoms in total. The number of halogens is 3. The van der Waals surface area contributed by atoms with Gasteiger partial charge in [-0.05, 0) is 38.1 Å². The number of furan rings is 1. The number of nitrogens with one attached hydrogen (secondary N) is 1. The zero-order chi connectivity index (χ0) is 19.6. The molecule has 0 aliphatic rings. The molecule has 0 fully saturated rings. The summed E-state index contributed by atoms with van der Waals surface area (Å²) in [5, 5.41) is 9.69. The summed E-state index contributed by atoms with van der Waals surface area (Å²) < 4.78 is 7.28. The van der Waals surface area contributed by atoms with Crippen LogP contribution in [0.4, 0.5) is 0 Å². The third-order valence-electron chi connectivity index (χ3n) is 3.84. The minimum atomic E-state index is -0.493. The van der Waals surface area contributed by atoms with Gasteiger partial charge in [0.2, 0.25) is 0 Å². The quantitative estimate of drug-likeness (QED) is 0.468. The second kappa shape index (κ2) is 8.17. The highest BCUT2D eigenvalue weighted by Crippen LogP contribution is 2.22. The van der Waals surface area contributed by atoms with E-state index in [1.807, 2.05) is 13.8 Å². The Morgan fingerprint density at radius 1 is 1.22 bits per heavy atom. The van der Waals surface area contributed by atoms with E-state index in [4.69, 9.17) is 39.2 Å². The van der Waals surface area contributed by atoms with Gasteiger partial charge in [-0.2, -0.15) is 10.2 Å². The number of amides is 1. The van der Waals surface area contributed by atoms with Crippen molar-refractivity contribution >= 4 is 46.9 Å². The van der Waals surface area contributed by atoms with Crippen molar-refractivity contribution in [3.63, 3.8) is 0 Å². The number of aromatic nitrogens is 2. The van der Waals surface area contributed by atoms with Crippen LogP contribution in [0.25, 0.3) is 0 Å². The number of nitrogens with zero attached hydrogens (tertiary/aromatic N) is 3. The molecule has 0 bridgehead atoms. The maximum absolute atomic E-state index is 12.2. The number of carbonyl (C=O) groups is 1. The molecule has 0 radical (unpaired) electrons. The molecule has 27 heavy (non-hydrogen) atoms. The monoisotopic (exact) mass is 424 g/mol. The summed E-state index contributed by atoms with van der Waals surface area (Å²) in [6.07, 6.45) is 1.38. The van der Waals surface area contributed by atoms with E-state index in [2.05, 4.69) is 15.6 Å². The number of rotatable bonds is 5. The third kappa shape index (κ3) is 4.35. The van der Waals surface area contributed by atoms with E-state index < -0.39 is 5.91 Å². The maximum atomic E-state index is 12.2. The fourth-order valence-electron chi connectivity index (χ4n) is 2.41. The number of carbonyl (C=O) groups excluding carboxylic acids is 1. The molecular weight excluding hydrogens is 411 g/mol. The molecule has 0 unspecified atom stereocenters. The Labute approximate surface area is 170 Å². The van der Waals surface area contributed by atoms with E-state index in [1.165, 1.54) is 6.21 Å². The normalized spacial score (nSPS) is 11.3. The minimum absolute atomic E-state index is 0.125. The first-order valence-corrected chi connectivity index (χ1v) is 9.06. The topological polar surface area (TPSA) is 72.4 Å². The first-order chi connectivity index (χ1) is 12.9. The summed E-state index contributed by atoms with van der Waals surface area (Å²) in [7, 11) is 0. The zero-order valence-corrected chi connectivity index (χ0v) is 16.7. The molecule has 0 spiro atoms. The van der Waals surface area contributed by atoms with Crippen molar-refractivity contribution in [3.8, 4) is 0 Å². The van der Waals surface area contributed by atoms with E-state index in [0.717, 1.165) is 11.4 Å². The Morgan fingerprint density at radius 3 is 2.56 bits per heavy atom. The Balaban J connectivity index is 1.66. The summed E-state index contributed by atoms with van der Waals surface area (Å²) in [5.74, 6) is 0.202. The van der Waals surface area contributed by atoms with Crippen LogP contribution in [0, 0.1) is 13.8 Å². The lowest BCUT2D eigenvalue weighted by molar-refractivity contribution is 0.0925. The lowest BCUT2D eigenvalue weighted by atomic mass is 10.2. The van der Waals surface area contributed by atoms with Gasteiger partial charge in [-0.25, -0.2) is 5.43 Å². The highest BCUT2D eigenvalue weighted by atomic mass is 35.5. The summed E-state index contributed by atoms with van der Waals surface area (Å²) in [6, 6.07) is 8.35. The van der Waals surface area contributed by atoms with E-state index in [0.29, 0.717) is 32.9 Å². The van der Waals surface area contributed by atoms with Crippen LogP contribution in [0.1, 0.15) is 33.3 Å². The molecule has 1 aromatic carbocycles. The van der Waals surface area contributed by atoms with Gasteiger partial charge in [0, 0.05) is 5.56 Å². The van der Waals surface area contributed by atoms with Crippen molar-refractivity contribution in [2.45, 2.75) is 20.4 Å². The van der Waals surface area contributed by atoms with Crippen molar-refractivity contribution in [1.82, 2.24) is 15.2 Å². The summed E-state index contributed by atoms with van der Waals surface area (Å²) >= 11 is 18.2. The van der Waals surface area contributed by atoms with Crippen molar-refractivity contribution in [2.24, 2.45) is 5.10 Å². The van der Waals surface area contributed by atoms with Crippen LogP contribution >= 0.6 is 34.8 Å². The molecule has 3 aromatic rings. The molecule has 0 aliphatic heterocycles. The van der Waals surface area contributed by atoms with Gasteiger partial charge >= 0.3 is 5.91 Å². The Kier molecular flexibility index (Phi) is 5.89. The summed E-state index contributed by atoms with van der Waals surface area (Å²) in [5.41, 5.74) is 4.47. The first kappa shape index (κ1) is 19.5. The highest BCUT2D eigenvalue weighted by Gasteiger charge is 2.14. The molecule has 2 heterocycles. The Hall–Kier alpha value is -2.28. The number of aryl methyl sites for hydroxylation is 1. The van der Waals surface area contributed by atoms with Crippen LogP contribution in [0.2, 0.25) is 15.1 Å². The van der Waals surface area contributed by atoms with Gasteiger partial charge in [0.25, 0.3) is 0 Å². The van der Waals surface area contributed by atoms with Gasteiger partial charge in [-0.15, -0.1) is 0 Å². The lowest BCUT2D eigenvalue weighted by Gasteiger charge is -2.02. The van der Waals surface area contributed by atoms with Crippen LogP contribution in [0.3, 0.4) is 0 Å². The second-order valence-electron chi connectivity index (χ2n) is 5.74. The molecule has 0 saturated heterocycles. The number of hydrogen-bond donors (Lipinski definition) is 1. The number of hydrogen-bond acceptors (Lipinski definition) is 4. The van der Waals surface area contributed by atoms with Crippen molar-refractivity contribution < 1.29 is 9.21 Å². The predicted molar refractivity (Wildman–Crippen MR) is 106 cm³/mol. The van der Waals surface area contributed by atoms with Gasteiger partial charge in [0.15, 0.2) is 5.76 Å². The van der Waals surface area contributed by atoms with Crippen LogP contribution < -0.4 is 5.43 Å². The van der Waals surface area contributed by atoms with Crippen molar-refractivity contribution in [3.05, 3.63) is 73.9 Å². The fourth-order valence-corrected chi connectivity index (χ4v) is 3.04. The van der Waals surface area contributed by atoms with Crippen LogP contribution in [-0.2, 0) is 6.54 Å². The molecule has 1 amide bonds. The van der Waals surface area contributed by atoms with E-state index in [1.54, 1.807) is 35.0 Å². The molecule has 1 N–H and O–H groups in total. The molecule has 0 atom stereocenters. The minimum Gasteiger partial charge on any atom is -0.454 e. The molecule has 140 valence electrons. The molecular formula is C18H15Cl3N4O2. The van der Waals surface area contributed by atoms with Gasteiger partial charge < -0.3 is 4.42 Å². The summed E-state index contributed by atoms with van der Waals surface area (Å²) in [4.78, 5) is 12.2. The fraction of sp³-hybridized carbons (Fsp3) is 0.167. The summed E-state index contributed by atoms with van der Waals surface area (Å²) in [6.45, 7) is 4.06. The van der Waals surface area contributed by atoms with E-state index in [9.17, 15) is 4.79 Å². The lowest BCUT2D eigenvalue weighted by Crippen LogP contribution is -2.16. The van der Waals surface area contributed by atoms with Crippen LogP contribution in [0.15, 0.2) is 39.9 Å². The Bertz CT molecular complexity index is 1000. The van der Waals surface area contributed by atoms with E-state index in [-0.39, 0.29) is 5.76 Å². The molecule has 2 aromatic heterocycles. The molecule has 9 heteroatoms. The predicted octanol–water partition coefficient (Wildman–Crippen LogP) is 4.87. The van der Waals surface area contributed by atoms with Crippen molar-refractivity contribution in [2.75, 3.05) is 0 Å². The standard InChI is InChI=1S/C18H15Cl3N4O2/c1-10-17(21)11(2)25(24-10)9-12-6-7-16(27-12)18(26)23-22-8-13-14(19)4-3-5-15(13)20/h3-8H,9H2,1-2H3,(H,23,26)/b22-8-. The first-order valence-electron chi connectivity index (χ1n) is 7.92. The average Bonchev–Trinajstić information content (AvgIpc) is 3.19. The zero-order valence-electron chi connectivity index (χ0n) is 14.5. The number of hydrazone groups is 1. The van der Waals surface area contributed by atoms with Gasteiger partial charge in [-0.3, -0.25) is 9.48 Å². The van der Waals surface area contributed by atoms with Crippen LogP contribution in [-0.4, -0.2) is 21.9 Å². The maximum Gasteiger partial charge on any atom is 0.307 e. The van der Waals surface area contributed by atoms with Crippen LogP contribution in [0.5, 0.6) is 0 Å². The van der Waals surface area contributed by atoms with Gasteiger partial charge in [0.05, 0.1) is 39.2 Å². The van der Waals surface area contributed by atoms with E-state index >= 15 is 0 Å². The number of benzene rings is 1. The highest BCUT2D eigenvalue weighted by molar-refractivity contribution is 6.38. The SMILES string of the molecule is Cc1nn(Cc2ccc(C(=O)N/N=C\c3c(Cl)cccc3Cl)o2)c(C)c1Cl. The second-order valence-corrected chi connectivity index (χ2v) is 6.94. The third-order valence-corrected chi connectivity index (χ3v) is 5.05. The van der Waals surface area contributed by atoms with Crippen molar-refractivity contribution in [1.29, 1.82) is 0 Å². The molecule has 3 rings (SSSR count). The smallest absolute Gasteiger partial charge is 0.307 e. The Morgan fingerprint density at radius 2 is 1.93 bits per heavy atom. The molecule has 0 saturated carbocycles. The van der Waals surface area contributed by atoms with Gasteiger partial charge in [-0.1, -0.05) is 40.9 Å². The largest absolute Gasteiger partial charge is 0.454 e. The average molecular weight is 426 g/mol. The van der Waals surface area contributed by atoms with Gasteiger partial charge in [0.1, 0.15) is 5.76 Å². The molecule has 0 aliphatic carbocycles.